The maximum absolute atomic E-state index is 10.3. The molecule has 2 N–H and O–H groups in total. The van der Waals surface area contributed by atoms with E-state index in [2.05, 4.69) is 0 Å². The molecule has 0 aliphatic carbocycles. The lowest BCUT2D eigenvalue weighted by Gasteiger charge is -2.01. The molecule has 0 atom stereocenters. The van der Waals surface area contributed by atoms with Crippen LogP contribution in [0.4, 0.5) is 11.4 Å². The van der Waals surface area contributed by atoms with Crippen molar-refractivity contribution in [2.45, 2.75) is 13.8 Å². The number of nitro benzene ring substituents is 1. The molecule has 2 aromatic rings. The van der Waals surface area contributed by atoms with E-state index in [1.54, 1.807) is 19.1 Å². The van der Waals surface area contributed by atoms with Crippen molar-refractivity contribution < 1.29 is 4.92 Å². The van der Waals surface area contributed by atoms with Gasteiger partial charge in [0.2, 0.25) is 0 Å². The summed E-state index contributed by atoms with van der Waals surface area (Å²) in [4.78, 5) is 9.77. The molecule has 8 heteroatoms. The lowest BCUT2D eigenvalue weighted by atomic mass is 10.2. The molecule has 0 saturated heterocycles. The molecule has 22 heavy (non-hydrogen) atoms. The van der Waals surface area contributed by atoms with E-state index in [0.29, 0.717) is 31.3 Å². The van der Waals surface area contributed by atoms with Crippen molar-refractivity contribution >= 4 is 57.8 Å². The van der Waals surface area contributed by atoms with E-state index < -0.39 is 4.92 Å². The lowest BCUT2D eigenvalue weighted by Crippen LogP contribution is -1.89. The molecule has 0 aliphatic rings. The average Bonchev–Trinajstić information content (AvgIpc) is 2.42. The second-order valence-corrected chi connectivity index (χ2v) is 6.03. The zero-order chi connectivity index (χ0) is 17.0. The molecular weight excluding hydrogens is 370 g/mol. The van der Waals surface area contributed by atoms with E-state index in [1.807, 2.05) is 6.92 Å². The number of anilines is 1. The molecule has 0 unspecified atom stereocenters. The topological polar surface area (TPSA) is 69.2 Å². The standard InChI is InChI=1S/C7H5Cl2NO2.C7H7Cl2N/c1-4-6(8)2-5(10(11)12)3-7(4)9;1-4-6(8)2-5(10)3-7(4)9/h2-3H,1H3;2-3H,10H2,1H3. The molecule has 0 aliphatic heterocycles. The van der Waals surface area contributed by atoms with Crippen molar-refractivity contribution in [3.8, 4) is 0 Å². The Hall–Kier alpha value is -1.20. The predicted molar refractivity (Wildman–Crippen MR) is 93.5 cm³/mol. The Bertz CT molecular complexity index is 674. The number of hydrogen-bond donors (Lipinski definition) is 1. The summed E-state index contributed by atoms with van der Waals surface area (Å²) in [5, 5.41) is 12.2. The van der Waals surface area contributed by atoms with Crippen molar-refractivity contribution in [2.75, 3.05) is 5.73 Å². The average molecular weight is 382 g/mol. The van der Waals surface area contributed by atoms with Crippen LogP contribution in [0, 0.1) is 24.0 Å². The zero-order valence-electron chi connectivity index (χ0n) is 11.7. The minimum atomic E-state index is -0.531. The van der Waals surface area contributed by atoms with E-state index in [9.17, 15) is 10.1 Å². The van der Waals surface area contributed by atoms with Crippen molar-refractivity contribution in [3.63, 3.8) is 0 Å². The molecule has 0 amide bonds. The molecular formula is C14H12Cl4N2O2. The minimum absolute atomic E-state index is 0.0874. The van der Waals surface area contributed by atoms with Gasteiger partial charge in [-0.2, -0.15) is 0 Å². The molecule has 118 valence electrons. The Kier molecular flexibility index (Phi) is 6.75. The van der Waals surface area contributed by atoms with Crippen LogP contribution in [0.2, 0.25) is 20.1 Å². The van der Waals surface area contributed by atoms with Crippen molar-refractivity contribution in [1.29, 1.82) is 0 Å². The summed E-state index contributed by atoms with van der Waals surface area (Å²) in [6, 6.07) is 5.93. The summed E-state index contributed by atoms with van der Waals surface area (Å²) < 4.78 is 0. The molecule has 4 nitrogen and oxygen atoms in total. The molecule has 0 heterocycles. The van der Waals surface area contributed by atoms with Crippen molar-refractivity contribution in [2.24, 2.45) is 0 Å². The van der Waals surface area contributed by atoms with Crippen LogP contribution in [0.1, 0.15) is 11.1 Å². The van der Waals surface area contributed by atoms with Crippen LogP contribution in [0.5, 0.6) is 0 Å². The number of halogens is 4. The number of nitrogens with zero attached hydrogens (tertiary/aromatic N) is 1. The smallest absolute Gasteiger partial charge is 0.272 e. The maximum Gasteiger partial charge on any atom is 0.272 e. The maximum atomic E-state index is 10.3. The molecule has 0 aromatic heterocycles. The number of nitro groups is 1. The Balaban J connectivity index is 0.000000224. The highest BCUT2D eigenvalue weighted by Gasteiger charge is 2.10. The number of benzene rings is 2. The van der Waals surface area contributed by atoms with Crippen LogP contribution in [-0.2, 0) is 0 Å². The third-order valence-electron chi connectivity index (χ3n) is 2.78. The van der Waals surface area contributed by atoms with Gasteiger partial charge in [-0.15, -0.1) is 0 Å². The van der Waals surface area contributed by atoms with Gasteiger partial charge < -0.3 is 5.73 Å². The largest absolute Gasteiger partial charge is 0.399 e. The fourth-order valence-corrected chi connectivity index (χ4v) is 2.38. The zero-order valence-corrected chi connectivity index (χ0v) is 14.7. The third kappa shape index (κ3) is 4.92. The monoisotopic (exact) mass is 380 g/mol. The Labute approximate surface area is 147 Å². The van der Waals surface area contributed by atoms with Gasteiger partial charge in [0.25, 0.3) is 5.69 Å². The van der Waals surface area contributed by atoms with E-state index in [0.717, 1.165) is 5.56 Å². The van der Waals surface area contributed by atoms with Gasteiger partial charge in [-0.05, 0) is 37.1 Å². The van der Waals surface area contributed by atoms with E-state index in [-0.39, 0.29) is 5.69 Å². The van der Waals surface area contributed by atoms with E-state index in [1.165, 1.54) is 12.1 Å². The summed E-state index contributed by atoms with van der Waals surface area (Å²) in [5.74, 6) is 0. The normalized spacial score (nSPS) is 9.91. The Morgan fingerprint density at radius 2 is 1.18 bits per heavy atom. The van der Waals surface area contributed by atoms with Gasteiger partial charge in [-0.25, -0.2) is 0 Å². The third-order valence-corrected chi connectivity index (χ3v) is 4.35. The second kappa shape index (κ2) is 7.88. The van der Waals surface area contributed by atoms with Gasteiger partial charge in [0.05, 0.1) is 15.0 Å². The van der Waals surface area contributed by atoms with Crippen molar-refractivity contribution in [1.82, 2.24) is 0 Å². The van der Waals surface area contributed by atoms with Crippen LogP contribution in [0.3, 0.4) is 0 Å². The van der Waals surface area contributed by atoms with Crippen LogP contribution >= 0.6 is 46.4 Å². The molecule has 0 fully saturated rings. The molecule has 0 radical (unpaired) electrons. The predicted octanol–water partition coefficient (Wildman–Crippen LogP) is 6.09. The molecule has 2 aromatic carbocycles. The van der Waals surface area contributed by atoms with Gasteiger partial charge >= 0.3 is 0 Å². The highest BCUT2D eigenvalue weighted by atomic mass is 35.5. The first-order chi connectivity index (χ1) is 10.1. The number of rotatable bonds is 1. The summed E-state index contributed by atoms with van der Waals surface area (Å²) in [7, 11) is 0. The summed E-state index contributed by atoms with van der Waals surface area (Å²) >= 11 is 22.9. The number of nitrogen functional groups attached to an aromatic ring is 1. The van der Waals surface area contributed by atoms with Gasteiger partial charge in [0.1, 0.15) is 0 Å². The first-order valence-corrected chi connectivity index (χ1v) is 7.45. The summed E-state index contributed by atoms with van der Waals surface area (Å²) in [6.07, 6.45) is 0. The van der Waals surface area contributed by atoms with E-state index >= 15 is 0 Å². The van der Waals surface area contributed by atoms with Gasteiger partial charge in [0.15, 0.2) is 0 Å². The minimum Gasteiger partial charge on any atom is -0.399 e. The van der Waals surface area contributed by atoms with E-state index in [4.69, 9.17) is 52.1 Å². The van der Waals surface area contributed by atoms with Gasteiger partial charge in [-0.3, -0.25) is 10.1 Å². The van der Waals surface area contributed by atoms with Gasteiger partial charge in [0, 0.05) is 27.9 Å². The fraction of sp³-hybridized carbons (Fsp3) is 0.143. The molecule has 2 rings (SSSR count). The molecule has 0 spiro atoms. The highest BCUT2D eigenvalue weighted by molar-refractivity contribution is 6.36. The molecule has 0 saturated carbocycles. The van der Waals surface area contributed by atoms with Gasteiger partial charge in [-0.1, -0.05) is 46.4 Å². The Morgan fingerprint density at radius 1 is 0.864 bits per heavy atom. The first-order valence-electron chi connectivity index (χ1n) is 5.94. The summed E-state index contributed by atoms with van der Waals surface area (Å²) in [6.45, 7) is 3.55. The summed E-state index contributed by atoms with van der Waals surface area (Å²) in [5.41, 5.74) is 7.50. The number of hydrogen-bond acceptors (Lipinski definition) is 3. The van der Waals surface area contributed by atoms with Crippen LogP contribution in [0.15, 0.2) is 24.3 Å². The SMILES string of the molecule is Cc1c(Cl)cc(N)cc1Cl.Cc1c(Cl)cc([N+](=O)[O-])cc1Cl. The number of nitrogens with two attached hydrogens (primary N) is 1. The van der Waals surface area contributed by atoms with Crippen LogP contribution in [0.25, 0.3) is 0 Å². The fourth-order valence-electron chi connectivity index (χ4n) is 1.40. The quantitative estimate of drug-likeness (QED) is 0.368. The van der Waals surface area contributed by atoms with Crippen LogP contribution < -0.4 is 5.73 Å². The first kappa shape index (κ1) is 18.8. The molecule has 0 bridgehead atoms. The highest BCUT2D eigenvalue weighted by Crippen LogP contribution is 2.29. The van der Waals surface area contributed by atoms with Crippen LogP contribution in [-0.4, -0.2) is 4.92 Å². The second-order valence-electron chi connectivity index (χ2n) is 4.40. The number of non-ortho nitro benzene ring substituents is 1. The van der Waals surface area contributed by atoms with Crippen molar-refractivity contribution in [3.05, 3.63) is 65.6 Å². The Morgan fingerprint density at radius 3 is 1.50 bits per heavy atom. The lowest BCUT2D eigenvalue weighted by molar-refractivity contribution is -0.384.